The van der Waals surface area contributed by atoms with Crippen LogP contribution in [0, 0.1) is 0 Å². The Morgan fingerprint density at radius 2 is 1.78 bits per heavy atom. The van der Waals surface area contributed by atoms with E-state index in [-0.39, 0.29) is 0 Å². The van der Waals surface area contributed by atoms with E-state index in [4.69, 9.17) is 21.1 Å². The number of benzene rings is 1. The number of nitrogens with zero attached hydrogens (tertiary/aromatic N) is 4. The van der Waals surface area contributed by atoms with Gasteiger partial charge in [-0.15, -0.1) is 10.2 Å². The van der Waals surface area contributed by atoms with Gasteiger partial charge in [-0.3, -0.25) is 0 Å². The van der Waals surface area contributed by atoms with Gasteiger partial charge in [0, 0.05) is 11.6 Å². The Morgan fingerprint density at radius 3 is 2.39 bits per heavy atom. The molecular formula is C11H11ClN4O2. The summed E-state index contributed by atoms with van der Waals surface area (Å²) in [7, 11) is 3.12. The van der Waals surface area contributed by atoms with Gasteiger partial charge < -0.3 is 9.47 Å². The smallest absolute Gasteiger partial charge is 0.162 e. The van der Waals surface area contributed by atoms with Crippen LogP contribution in [0.1, 0.15) is 5.56 Å². The second-order valence-electron chi connectivity index (χ2n) is 3.32. The minimum absolute atomic E-state index is 0.518. The zero-order chi connectivity index (χ0) is 13.0. The van der Waals surface area contributed by atoms with E-state index in [1.807, 2.05) is 0 Å². The Hall–Kier alpha value is -2.08. The standard InChI is InChI=1S/C11H11ClN4O2/c1-17-10-3-8(9(12)4-11(10)18-2)5-15-16-6-13-14-7-16/h3-7H,1-2H3. The predicted octanol–water partition coefficient (Wildman–Crippen LogP) is 1.83. The molecule has 0 atom stereocenters. The Morgan fingerprint density at radius 1 is 1.17 bits per heavy atom. The summed E-state index contributed by atoms with van der Waals surface area (Å²) in [4.78, 5) is 0. The van der Waals surface area contributed by atoms with Crippen LogP contribution in [-0.2, 0) is 0 Å². The van der Waals surface area contributed by atoms with Gasteiger partial charge in [0.1, 0.15) is 12.7 Å². The van der Waals surface area contributed by atoms with E-state index in [0.29, 0.717) is 22.1 Å². The first-order valence-corrected chi connectivity index (χ1v) is 5.43. The fourth-order valence-corrected chi connectivity index (χ4v) is 1.56. The van der Waals surface area contributed by atoms with Crippen molar-refractivity contribution in [1.29, 1.82) is 0 Å². The Bertz CT molecular complexity index is 554. The van der Waals surface area contributed by atoms with Gasteiger partial charge in [-0.2, -0.15) is 5.10 Å². The van der Waals surface area contributed by atoms with Gasteiger partial charge in [0.2, 0.25) is 0 Å². The van der Waals surface area contributed by atoms with Gasteiger partial charge in [0.05, 0.1) is 25.5 Å². The van der Waals surface area contributed by atoms with E-state index in [1.54, 1.807) is 32.6 Å². The van der Waals surface area contributed by atoms with Crippen LogP contribution in [0.4, 0.5) is 0 Å². The van der Waals surface area contributed by atoms with Crippen molar-refractivity contribution in [2.45, 2.75) is 0 Å². The molecule has 1 aromatic carbocycles. The third-order valence-electron chi connectivity index (χ3n) is 2.24. The van der Waals surface area contributed by atoms with E-state index >= 15 is 0 Å². The van der Waals surface area contributed by atoms with Crippen molar-refractivity contribution in [2.24, 2.45) is 5.10 Å². The summed E-state index contributed by atoms with van der Waals surface area (Å²) < 4.78 is 11.8. The van der Waals surface area contributed by atoms with Gasteiger partial charge >= 0.3 is 0 Å². The number of ether oxygens (including phenoxy) is 2. The third kappa shape index (κ3) is 2.60. The molecule has 0 saturated heterocycles. The highest BCUT2D eigenvalue weighted by atomic mass is 35.5. The third-order valence-corrected chi connectivity index (χ3v) is 2.57. The van der Waals surface area contributed by atoms with Crippen LogP contribution in [-0.4, -0.2) is 35.3 Å². The van der Waals surface area contributed by atoms with Crippen molar-refractivity contribution < 1.29 is 9.47 Å². The van der Waals surface area contributed by atoms with Crippen molar-refractivity contribution in [1.82, 2.24) is 14.9 Å². The number of hydrogen-bond acceptors (Lipinski definition) is 5. The summed E-state index contributed by atoms with van der Waals surface area (Å²) in [5.74, 6) is 1.16. The summed E-state index contributed by atoms with van der Waals surface area (Å²) >= 11 is 6.11. The largest absolute Gasteiger partial charge is 0.493 e. The fraction of sp³-hybridized carbons (Fsp3) is 0.182. The first kappa shape index (κ1) is 12.4. The van der Waals surface area contributed by atoms with Crippen molar-refractivity contribution in [3.05, 3.63) is 35.4 Å². The zero-order valence-electron chi connectivity index (χ0n) is 9.87. The molecule has 2 rings (SSSR count). The minimum atomic E-state index is 0.518. The molecule has 2 aromatic rings. The topological polar surface area (TPSA) is 61.5 Å². The molecule has 0 radical (unpaired) electrons. The molecule has 0 aliphatic heterocycles. The van der Waals surface area contributed by atoms with Crippen LogP contribution in [0.2, 0.25) is 5.02 Å². The molecule has 18 heavy (non-hydrogen) atoms. The number of halogens is 1. The molecular weight excluding hydrogens is 256 g/mol. The molecule has 0 aliphatic carbocycles. The highest BCUT2D eigenvalue weighted by molar-refractivity contribution is 6.33. The molecule has 0 saturated carbocycles. The molecule has 0 aliphatic rings. The minimum Gasteiger partial charge on any atom is -0.493 e. The zero-order valence-corrected chi connectivity index (χ0v) is 10.6. The summed E-state index contributed by atoms with van der Waals surface area (Å²) in [6, 6.07) is 3.42. The molecule has 1 aromatic heterocycles. The maximum atomic E-state index is 6.11. The lowest BCUT2D eigenvalue weighted by molar-refractivity contribution is 0.355. The second kappa shape index (κ2) is 5.50. The van der Waals surface area contributed by atoms with Crippen LogP contribution in [0.25, 0.3) is 0 Å². The second-order valence-corrected chi connectivity index (χ2v) is 3.72. The first-order chi connectivity index (χ1) is 8.74. The molecule has 0 fully saturated rings. The quantitative estimate of drug-likeness (QED) is 0.792. The lowest BCUT2D eigenvalue weighted by atomic mass is 10.2. The highest BCUT2D eigenvalue weighted by Crippen LogP contribution is 2.32. The molecule has 0 unspecified atom stereocenters. The summed E-state index contributed by atoms with van der Waals surface area (Å²) in [5.41, 5.74) is 0.711. The maximum absolute atomic E-state index is 6.11. The van der Waals surface area contributed by atoms with Gasteiger partial charge in [-0.25, -0.2) is 4.68 Å². The molecule has 0 bridgehead atoms. The lowest BCUT2D eigenvalue weighted by Crippen LogP contribution is -1.94. The van der Waals surface area contributed by atoms with E-state index in [1.165, 1.54) is 17.3 Å². The SMILES string of the molecule is COc1cc(Cl)c(C=Nn2cnnc2)cc1OC. The fourth-order valence-electron chi connectivity index (χ4n) is 1.35. The Kier molecular flexibility index (Phi) is 3.78. The van der Waals surface area contributed by atoms with Gasteiger partial charge in [-0.1, -0.05) is 11.6 Å². The van der Waals surface area contributed by atoms with Gasteiger partial charge in [0.25, 0.3) is 0 Å². The average molecular weight is 267 g/mol. The Balaban J connectivity index is 2.33. The van der Waals surface area contributed by atoms with Crippen molar-refractivity contribution in [2.75, 3.05) is 14.2 Å². The first-order valence-electron chi connectivity index (χ1n) is 5.05. The number of rotatable bonds is 4. The van der Waals surface area contributed by atoms with Crippen LogP contribution < -0.4 is 9.47 Å². The normalized spacial score (nSPS) is 10.8. The number of aromatic nitrogens is 3. The monoisotopic (exact) mass is 266 g/mol. The van der Waals surface area contributed by atoms with E-state index in [0.717, 1.165) is 0 Å². The predicted molar refractivity (Wildman–Crippen MR) is 67.6 cm³/mol. The molecule has 6 nitrogen and oxygen atoms in total. The summed E-state index contributed by atoms with van der Waals surface area (Å²) in [6.45, 7) is 0. The van der Waals surface area contributed by atoms with E-state index < -0.39 is 0 Å². The molecule has 0 N–H and O–H groups in total. The van der Waals surface area contributed by atoms with Crippen molar-refractivity contribution in [3.8, 4) is 11.5 Å². The van der Waals surface area contributed by atoms with Gasteiger partial charge in [0.15, 0.2) is 11.5 Å². The van der Waals surface area contributed by atoms with E-state index in [2.05, 4.69) is 15.3 Å². The maximum Gasteiger partial charge on any atom is 0.162 e. The summed E-state index contributed by atoms with van der Waals surface area (Å²) in [5, 5.41) is 11.9. The molecule has 7 heteroatoms. The molecule has 0 spiro atoms. The van der Waals surface area contributed by atoms with Crippen molar-refractivity contribution in [3.63, 3.8) is 0 Å². The summed E-state index contributed by atoms with van der Waals surface area (Å²) in [6.07, 6.45) is 4.55. The van der Waals surface area contributed by atoms with Crippen molar-refractivity contribution >= 4 is 17.8 Å². The number of hydrogen-bond donors (Lipinski definition) is 0. The number of methoxy groups -OCH3 is 2. The van der Waals surface area contributed by atoms with Crippen LogP contribution in [0.5, 0.6) is 11.5 Å². The Labute approximate surface area is 109 Å². The average Bonchev–Trinajstić information content (AvgIpc) is 2.90. The van der Waals surface area contributed by atoms with Gasteiger partial charge in [-0.05, 0) is 6.07 Å². The van der Waals surface area contributed by atoms with Crippen LogP contribution in [0.15, 0.2) is 29.9 Å². The highest BCUT2D eigenvalue weighted by Gasteiger charge is 2.08. The van der Waals surface area contributed by atoms with Crippen LogP contribution in [0.3, 0.4) is 0 Å². The lowest BCUT2D eigenvalue weighted by Gasteiger charge is -2.09. The van der Waals surface area contributed by atoms with Crippen LogP contribution >= 0.6 is 11.6 Å². The molecule has 0 amide bonds. The molecule has 94 valence electrons. The molecule has 1 heterocycles. The van der Waals surface area contributed by atoms with E-state index in [9.17, 15) is 0 Å².